The normalized spacial score (nSPS) is 11.6. The van der Waals surface area contributed by atoms with E-state index < -0.39 is 22.9 Å². The van der Waals surface area contributed by atoms with Gasteiger partial charge in [-0.05, 0) is 50.1 Å². The number of hydrogen-bond acceptors (Lipinski definition) is 7. The second-order valence-corrected chi connectivity index (χ2v) is 7.22. The molecule has 0 aliphatic heterocycles. The Morgan fingerprint density at radius 1 is 1.15 bits per heavy atom. The van der Waals surface area contributed by atoms with Crippen LogP contribution in [0.3, 0.4) is 0 Å². The monoisotopic (exact) mass is 476 g/mol. The van der Waals surface area contributed by atoms with Crippen molar-refractivity contribution in [1.82, 2.24) is 0 Å². The Hall–Kier alpha value is -3.59. The molecule has 0 bridgehead atoms. The third-order valence-electron chi connectivity index (χ3n) is 4.22. The summed E-state index contributed by atoms with van der Waals surface area (Å²) < 4.78 is 16.4. The van der Waals surface area contributed by atoms with Crippen LogP contribution in [0.5, 0.6) is 11.5 Å². The highest BCUT2D eigenvalue weighted by Gasteiger charge is 2.19. The van der Waals surface area contributed by atoms with Crippen LogP contribution in [0.15, 0.2) is 42.5 Å². The van der Waals surface area contributed by atoms with Crippen molar-refractivity contribution in [2.45, 2.75) is 33.3 Å². The second-order valence-electron chi connectivity index (χ2n) is 6.81. The minimum atomic E-state index is -1.13. The number of carbonyl (C=O) groups excluding carboxylic acids is 2. The average molecular weight is 477 g/mol. The molecule has 0 aromatic heterocycles. The van der Waals surface area contributed by atoms with E-state index in [0.29, 0.717) is 30.3 Å². The summed E-state index contributed by atoms with van der Waals surface area (Å²) in [7, 11) is 0. The third-order valence-corrected chi connectivity index (χ3v) is 4.54. The summed E-state index contributed by atoms with van der Waals surface area (Å²) in [6.45, 7) is 6.29. The molecule has 0 heterocycles. The number of ether oxygens (including phenoxy) is 3. The van der Waals surface area contributed by atoms with E-state index in [-0.39, 0.29) is 16.4 Å². The number of benzene rings is 2. The number of nitrogens with one attached hydrogen (secondary N) is 1. The van der Waals surface area contributed by atoms with Crippen molar-refractivity contribution < 1.29 is 28.7 Å². The maximum absolute atomic E-state index is 12.3. The third kappa shape index (κ3) is 7.80. The standard InChI is InChI=1S/C23H25ClN2O7/c1-4-12-32-20-10-6-16(13-21(20)31-5-2)7-11-22(27)33-15(3)23(28)25-19-9-8-17(26(29)30)14-18(19)24/h6-11,13-15H,4-5,12H2,1-3H3,(H,25,28)/b11-7+. The van der Waals surface area contributed by atoms with E-state index in [1.54, 1.807) is 18.2 Å². The van der Waals surface area contributed by atoms with E-state index >= 15 is 0 Å². The molecule has 33 heavy (non-hydrogen) atoms. The van der Waals surface area contributed by atoms with Gasteiger partial charge in [-0.25, -0.2) is 4.79 Å². The van der Waals surface area contributed by atoms with Crippen molar-refractivity contribution in [3.63, 3.8) is 0 Å². The van der Waals surface area contributed by atoms with E-state index in [4.69, 9.17) is 25.8 Å². The highest BCUT2D eigenvalue weighted by molar-refractivity contribution is 6.34. The smallest absolute Gasteiger partial charge is 0.331 e. The second kappa shape index (κ2) is 12.4. The number of anilines is 1. The number of nitrogens with zero attached hydrogens (tertiary/aromatic N) is 1. The number of halogens is 1. The summed E-state index contributed by atoms with van der Waals surface area (Å²) in [4.78, 5) is 34.6. The predicted molar refractivity (Wildman–Crippen MR) is 125 cm³/mol. The minimum absolute atomic E-state index is 0.00700. The van der Waals surface area contributed by atoms with Crippen molar-refractivity contribution in [3.05, 3.63) is 63.2 Å². The molecule has 10 heteroatoms. The molecule has 2 aromatic carbocycles. The Morgan fingerprint density at radius 2 is 1.91 bits per heavy atom. The van der Waals surface area contributed by atoms with Gasteiger partial charge in [0.15, 0.2) is 17.6 Å². The summed E-state index contributed by atoms with van der Waals surface area (Å²) in [5.74, 6) is -0.178. The molecule has 0 spiro atoms. The van der Waals surface area contributed by atoms with Crippen LogP contribution in [0.4, 0.5) is 11.4 Å². The van der Waals surface area contributed by atoms with Gasteiger partial charge < -0.3 is 19.5 Å². The first-order valence-electron chi connectivity index (χ1n) is 10.3. The zero-order chi connectivity index (χ0) is 24.4. The molecule has 1 N–H and O–H groups in total. The molecule has 9 nitrogen and oxygen atoms in total. The van der Waals surface area contributed by atoms with Gasteiger partial charge in [-0.3, -0.25) is 14.9 Å². The lowest BCUT2D eigenvalue weighted by atomic mass is 10.2. The van der Waals surface area contributed by atoms with E-state index in [0.717, 1.165) is 12.5 Å². The van der Waals surface area contributed by atoms with Crippen LogP contribution < -0.4 is 14.8 Å². The summed E-state index contributed by atoms with van der Waals surface area (Å²) >= 11 is 5.96. The van der Waals surface area contributed by atoms with Crippen LogP contribution >= 0.6 is 11.6 Å². The van der Waals surface area contributed by atoms with E-state index in [9.17, 15) is 19.7 Å². The first-order valence-corrected chi connectivity index (χ1v) is 10.7. The lowest BCUT2D eigenvalue weighted by molar-refractivity contribution is -0.384. The molecule has 0 saturated carbocycles. The molecular weight excluding hydrogens is 452 g/mol. The maximum atomic E-state index is 12.3. The average Bonchev–Trinajstić information content (AvgIpc) is 2.78. The van der Waals surface area contributed by atoms with E-state index in [1.165, 1.54) is 31.2 Å². The molecule has 176 valence electrons. The van der Waals surface area contributed by atoms with Crippen LogP contribution in [-0.2, 0) is 14.3 Å². The fraction of sp³-hybridized carbons (Fsp3) is 0.304. The quantitative estimate of drug-likeness (QED) is 0.209. The van der Waals surface area contributed by atoms with Crippen LogP contribution in [0.1, 0.15) is 32.8 Å². The van der Waals surface area contributed by atoms with Crippen molar-refractivity contribution in [2.24, 2.45) is 0 Å². The minimum Gasteiger partial charge on any atom is -0.490 e. The summed E-state index contributed by atoms with van der Waals surface area (Å²) in [5.41, 5.74) is 0.647. The first-order chi connectivity index (χ1) is 15.7. The van der Waals surface area contributed by atoms with Gasteiger partial charge in [0.2, 0.25) is 0 Å². The van der Waals surface area contributed by atoms with Crippen LogP contribution in [-0.4, -0.2) is 36.1 Å². The molecule has 0 fully saturated rings. The predicted octanol–water partition coefficient (Wildman–Crippen LogP) is 5.02. The number of nitro benzene ring substituents is 1. The molecule has 1 unspecified atom stereocenters. The number of non-ortho nitro benzene ring substituents is 1. The van der Waals surface area contributed by atoms with E-state index in [1.807, 2.05) is 13.8 Å². The Kier molecular flexibility index (Phi) is 9.68. The topological polar surface area (TPSA) is 117 Å². The number of carbonyl (C=O) groups is 2. The van der Waals surface area contributed by atoms with Gasteiger partial charge in [-0.15, -0.1) is 0 Å². The summed E-state index contributed by atoms with van der Waals surface area (Å²) in [5, 5.41) is 13.2. The van der Waals surface area contributed by atoms with Gasteiger partial charge in [0.25, 0.3) is 11.6 Å². The molecule has 1 amide bonds. The Labute approximate surface area is 196 Å². The van der Waals surface area contributed by atoms with Gasteiger partial charge in [0.05, 0.1) is 28.8 Å². The highest BCUT2D eigenvalue weighted by atomic mass is 35.5. The van der Waals surface area contributed by atoms with Crippen LogP contribution in [0.25, 0.3) is 6.08 Å². The lowest BCUT2D eigenvalue weighted by Gasteiger charge is -2.13. The van der Waals surface area contributed by atoms with E-state index in [2.05, 4.69) is 5.32 Å². The molecule has 2 rings (SSSR count). The number of nitro groups is 1. The van der Waals surface area contributed by atoms with Crippen molar-refractivity contribution in [2.75, 3.05) is 18.5 Å². The van der Waals surface area contributed by atoms with Gasteiger partial charge >= 0.3 is 5.97 Å². The van der Waals surface area contributed by atoms with Gasteiger partial charge in [-0.1, -0.05) is 24.6 Å². The van der Waals surface area contributed by atoms with Crippen molar-refractivity contribution in [1.29, 1.82) is 0 Å². The van der Waals surface area contributed by atoms with Crippen LogP contribution in [0.2, 0.25) is 5.02 Å². The number of amides is 1. The largest absolute Gasteiger partial charge is 0.490 e. The fourth-order valence-electron chi connectivity index (χ4n) is 2.61. The van der Waals surface area contributed by atoms with Gasteiger partial charge in [0, 0.05) is 18.2 Å². The molecular formula is C23H25ClN2O7. The Bertz CT molecular complexity index is 1040. The molecule has 2 aromatic rings. The zero-order valence-corrected chi connectivity index (χ0v) is 19.3. The summed E-state index contributed by atoms with van der Waals surface area (Å²) in [6, 6.07) is 8.89. The SMILES string of the molecule is CCCOc1ccc(/C=C/C(=O)OC(C)C(=O)Nc2ccc([N+](=O)[O-])cc2Cl)cc1OCC. The first kappa shape index (κ1) is 25.7. The number of esters is 1. The molecule has 0 radical (unpaired) electrons. The Balaban J connectivity index is 1.98. The van der Waals surface area contributed by atoms with Gasteiger partial charge in [0.1, 0.15) is 0 Å². The molecule has 0 aliphatic carbocycles. The number of rotatable bonds is 11. The lowest BCUT2D eigenvalue weighted by Crippen LogP contribution is -2.29. The highest BCUT2D eigenvalue weighted by Crippen LogP contribution is 2.29. The zero-order valence-electron chi connectivity index (χ0n) is 18.5. The molecule has 0 aliphatic rings. The van der Waals surface area contributed by atoms with Crippen molar-refractivity contribution >= 4 is 40.9 Å². The molecule has 0 saturated heterocycles. The Morgan fingerprint density at radius 3 is 2.55 bits per heavy atom. The molecule has 1 atom stereocenters. The number of hydrogen-bond donors (Lipinski definition) is 1. The fourth-order valence-corrected chi connectivity index (χ4v) is 2.83. The van der Waals surface area contributed by atoms with Crippen molar-refractivity contribution in [3.8, 4) is 11.5 Å². The summed E-state index contributed by atoms with van der Waals surface area (Å²) in [6.07, 6.45) is 2.46. The van der Waals surface area contributed by atoms with Crippen LogP contribution in [0, 0.1) is 10.1 Å². The maximum Gasteiger partial charge on any atom is 0.331 e. The van der Waals surface area contributed by atoms with Gasteiger partial charge in [-0.2, -0.15) is 0 Å².